The highest BCUT2D eigenvalue weighted by atomic mass is 16.1. The highest BCUT2D eigenvalue weighted by molar-refractivity contribution is 5.76. The molecule has 1 unspecified atom stereocenters. The van der Waals surface area contributed by atoms with Gasteiger partial charge in [0.15, 0.2) is 0 Å². The van der Waals surface area contributed by atoms with Gasteiger partial charge in [0.05, 0.1) is 0 Å². The third kappa shape index (κ3) is 2.94. The molecule has 2 aliphatic rings. The first-order valence-corrected chi connectivity index (χ1v) is 6.24. The summed E-state index contributed by atoms with van der Waals surface area (Å²) in [6.07, 6.45) is 6.84. The minimum atomic E-state index is 0.231. The number of rotatable bonds is 5. The highest BCUT2D eigenvalue weighted by Gasteiger charge is 2.40. The fourth-order valence-electron chi connectivity index (χ4n) is 2.35. The number of carbonyl (C=O) groups excluding carboxylic acids is 1. The van der Waals surface area contributed by atoms with Crippen LogP contribution in [0.2, 0.25) is 0 Å². The molecule has 15 heavy (non-hydrogen) atoms. The van der Waals surface area contributed by atoms with Crippen LogP contribution in [-0.4, -0.2) is 25.0 Å². The smallest absolute Gasteiger partial charge is 0.221 e. The molecule has 3 nitrogen and oxygen atoms in total. The highest BCUT2D eigenvalue weighted by Crippen LogP contribution is 2.47. The van der Waals surface area contributed by atoms with Gasteiger partial charge in [-0.25, -0.2) is 0 Å². The van der Waals surface area contributed by atoms with Crippen molar-refractivity contribution >= 4 is 5.91 Å². The summed E-state index contributed by atoms with van der Waals surface area (Å²) in [5.41, 5.74) is 0.471. The number of hydrogen-bond donors (Lipinski definition) is 2. The van der Waals surface area contributed by atoms with Gasteiger partial charge in [0.2, 0.25) is 5.91 Å². The fourth-order valence-corrected chi connectivity index (χ4v) is 2.35. The zero-order valence-electron chi connectivity index (χ0n) is 9.64. The molecule has 86 valence electrons. The second kappa shape index (κ2) is 4.52. The summed E-state index contributed by atoms with van der Waals surface area (Å²) in [6, 6.07) is 0.432. The van der Waals surface area contributed by atoms with Gasteiger partial charge in [-0.15, -0.1) is 0 Å². The van der Waals surface area contributed by atoms with Crippen LogP contribution in [0.3, 0.4) is 0 Å². The molecule has 1 heterocycles. The zero-order chi connectivity index (χ0) is 10.7. The summed E-state index contributed by atoms with van der Waals surface area (Å²) in [6.45, 7) is 4.20. The van der Waals surface area contributed by atoms with Gasteiger partial charge in [-0.1, -0.05) is 6.92 Å². The Morgan fingerprint density at radius 3 is 2.87 bits per heavy atom. The van der Waals surface area contributed by atoms with Crippen molar-refractivity contribution in [3.05, 3.63) is 0 Å². The van der Waals surface area contributed by atoms with Crippen LogP contribution >= 0.6 is 0 Å². The molecule has 0 aromatic heterocycles. The van der Waals surface area contributed by atoms with Crippen LogP contribution in [0.5, 0.6) is 0 Å². The van der Waals surface area contributed by atoms with E-state index < -0.39 is 0 Å². The second-order valence-corrected chi connectivity index (χ2v) is 5.13. The lowest BCUT2D eigenvalue weighted by atomic mass is 10.0. The Morgan fingerprint density at radius 2 is 2.33 bits per heavy atom. The predicted octanol–water partition coefficient (Wildman–Crippen LogP) is 1.43. The molecule has 1 amide bonds. The summed E-state index contributed by atoms with van der Waals surface area (Å²) in [4.78, 5) is 11.6. The predicted molar refractivity (Wildman–Crippen MR) is 60.6 cm³/mol. The van der Waals surface area contributed by atoms with Gasteiger partial charge in [0.1, 0.15) is 0 Å². The van der Waals surface area contributed by atoms with Crippen LogP contribution in [0.1, 0.15) is 45.4 Å². The van der Waals surface area contributed by atoms with Crippen molar-refractivity contribution in [3.8, 4) is 0 Å². The average Bonchev–Trinajstić information content (AvgIpc) is 2.86. The lowest BCUT2D eigenvalue weighted by Gasteiger charge is -2.15. The van der Waals surface area contributed by atoms with E-state index >= 15 is 0 Å². The zero-order valence-corrected chi connectivity index (χ0v) is 9.64. The summed E-state index contributed by atoms with van der Waals surface area (Å²) in [5, 5.41) is 6.44. The molecular weight excluding hydrogens is 188 g/mol. The van der Waals surface area contributed by atoms with Gasteiger partial charge in [0, 0.05) is 19.0 Å². The van der Waals surface area contributed by atoms with Crippen LogP contribution in [0, 0.1) is 5.41 Å². The van der Waals surface area contributed by atoms with Crippen molar-refractivity contribution in [2.45, 2.75) is 51.5 Å². The van der Waals surface area contributed by atoms with Crippen molar-refractivity contribution < 1.29 is 4.79 Å². The summed E-state index contributed by atoms with van der Waals surface area (Å²) < 4.78 is 0. The Balaban J connectivity index is 1.64. The third-order valence-electron chi connectivity index (χ3n) is 3.96. The van der Waals surface area contributed by atoms with Crippen LogP contribution in [0.4, 0.5) is 0 Å². The fraction of sp³-hybridized carbons (Fsp3) is 0.917. The Hall–Kier alpha value is -0.570. The van der Waals surface area contributed by atoms with Gasteiger partial charge in [0.25, 0.3) is 0 Å². The SMILES string of the molecule is CCC1(CNC(=O)CC2CCCN2)CC1. The van der Waals surface area contributed by atoms with Crippen molar-refractivity contribution in [3.63, 3.8) is 0 Å². The Bertz CT molecular complexity index is 230. The molecule has 1 aliphatic heterocycles. The number of carbonyl (C=O) groups is 1. The molecule has 1 aliphatic carbocycles. The van der Waals surface area contributed by atoms with E-state index in [0.717, 1.165) is 19.5 Å². The Morgan fingerprint density at radius 1 is 1.53 bits per heavy atom. The minimum absolute atomic E-state index is 0.231. The summed E-state index contributed by atoms with van der Waals surface area (Å²) >= 11 is 0. The average molecular weight is 210 g/mol. The first-order valence-electron chi connectivity index (χ1n) is 6.24. The quantitative estimate of drug-likeness (QED) is 0.721. The lowest BCUT2D eigenvalue weighted by Crippen LogP contribution is -2.34. The van der Waals surface area contributed by atoms with E-state index in [9.17, 15) is 4.79 Å². The van der Waals surface area contributed by atoms with Gasteiger partial charge in [-0.2, -0.15) is 0 Å². The van der Waals surface area contributed by atoms with E-state index in [4.69, 9.17) is 0 Å². The maximum Gasteiger partial charge on any atom is 0.221 e. The normalized spacial score (nSPS) is 27.7. The van der Waals surface area contributed by atoms with Crippen LogP contribution < -0.4 is 10.6 Å². The van der Waals surface area contributed by atoms with Gasteiger partial charge in [-0.3, -0.25) is 4.79 Å². The monoisotopic (exact) mass is 210 g/mol. The first-order chi connectivity index (χ1) is 7.24. The first kappa shape index (κ1) is 10.9. The van der Waals surface area contributed by atoms with E-state index in [1.165, 1.54) is 25.7 Å². The van der Waals surface area contributed by atoms with Crippen molar-refractivity contribution in [2.75, 3.05) is 13.1 Å². The minimum Gasteiger partial charge on any atom is -0.355 e. The van der Waals surface area contributed by atoms with E-state index in [1.54, 1.807) is 0 Å². The van der Waals surface area contributed by atoms with E-state index in [1.807, 2.05) is 0 Å². The maximum absolute atomic E-state index is 11.6. The molecule has 0 aromatic rings. The molecule has 0 radical (unpaired) electrons. The topological polar surface area (TPSA) is 41.1 Å². The lowest BCUT2D eigenvalue weighted by molar-refractivity contribution is -0.121. The van der Waals surface area contributed by atoms with E-state index in [-0.39, 0.29) is 5.91 Å². The molecule has 2 rings (SSSR count). The van der Waals surface area contributed by atoms with Gasteiger partial charge >= 0.3 is 0 Å². The molecule has 0 aromatic carbocycles. The molecule has 1 saturated carbocycles. The van der Waals surface area contributed by atoms with Crippen molar-refractivity contribution in [1.29, 1.82) is 0 Å². The van der Waals surface area contributed by atoms with Crippen LogP contribution in [-0.2, 0) is 4.79 Å². The standard InChI is InChI=1S/C12H22N2O/c1-2-12(5-6-12)9-14-11(15)8-10-4-3-7-13-10/h10,13H,2-9H2,1H3,(H,14,15). The van der Waals surface area contributed by atoms with Crippen LogP contribution in [0.25, 0.3) is 0 Å². The van der Waals surface area contributed by atoms with E-state index in [0.29, 0.717) is 17.9 Å². The van der Waals surface area contributed by atoms with E-state index in [2.05, 4.69) is 17.6 Å². The number of amides is 1. The van der Waals surface area contributed by atoms with Crippen molar-refractivity contribution in [1.82, 2.24) is 10.6 Å². The molecule has 3 heteroatoms. The maximum atomic E-state index is 11.6. The molecule has 0 bridgehead atoms. The van der Waals surface area contributed by atoms with Gasteiger partial charge < -0.3 is 10.6 Å². The van der Waals surface area contributed by atoms with Crippen LogP contribution in [0.15, 0.2) is 0 Å². The number of nitrogens with one attached hydrogen (secondary N) is 2. The molecular formula is C12H22N2O. The summed E-state index contributed by atoms with van der Waals surface area (Å²) in [5.74, 6) is 0.231. The third-order valence-corrected chi connectivity index (χ3v) is 3.96. The molecule has 1 saturated heterocycles. The summed E-state index contributed by atoms with van der Waals surface area (Å²) in [7, 11) is 0. The molecule has 2 N–H and O–H groups in total. The number of hydrogen-bond acceptors (Lipinski definition) is 2. The Labute approximate surface area is 92.0 Å². The Kier molecular flexibility index (Phi) is 3.29. The molecule has 1 atom stereocenters. The van der Waals surface area contributed by atoms with Crippen molar-refractivity contribution in [2.24, 2.45) is 5.41 Å². The second-order valence-electron chi connectivity index (χ2n) is 5.13. The molecule has 0 spiro atoms. The molecule has 2 fully saturated rings. The van der Waals surface area contributed by atoms with Gasteiger partial charge in [-0.05, 0) is 44.1 Å². The largest absolute Gasteiger partial charge is 0.355 e.